The molecular weight excluding hydrogens is 361 g/mol. The largest absolute Gasteiger partial charge is 0.297 e. The predicted octanol–water partition coefficient (Wildman–Crippen LogP) is 7.38. The fraction of sp³-hybridized carbons (Fsp3) is 0.947. The van der Waals surface area contributed by atoms with Crippen molar-refractivity contribution in [1.29, 1.82) is 0 Å². The van der Waals surface area contributed by atoms with Gasteiger partial charge in [-0.15, -0.1) is 0 Å². The van der Waals surface area contributed by atoms with Crippen molar-refractivity contribution in [2.45, 2.75) is 107 Å². The molecule has 0 spiro atoms. The molecule has 1 fully saturated rings. The monoisotopic (exact) mass is 395 g/mol. The topological polar surface area (TPSA) is 29.1 Å². The second-order valence-electron chi connectivity index (χ2n) is 7.17. The molecule has 0 bridgehead atoms. The molecule has 142 valence electrons. The molecule has 0 aromatic carbocycles. The first kappa shape index (κ1) is 22.4. The summed E-state index contributed by atoms with van der Waals surface area (Å²) in [5.74, 6) is 0.0413. The van der Waals surface area contributed by atoms with E-state index in [1.54, 1.807) is 0 Å². The van der Waals surface area contributed by atoms with Gasteiger partial charge in [-0.25, -0.2) is 0 Å². The fourth-order valence-corrected chi connectivity index (χ4v) is 5.18. The first-order chi connectivity index (χ1) is 11.5. The van der Waals surface area contributed by atoms with E-state index in [0.29, 0.717) is 0 Å². The van der Waals surface area contributed by atoms with Crippen LogP contribution in [0.4, 0.5) is 0 Å². The van der Waals surface area contributed by atoms with Gasteiger partial charge in [-0.3, -0.25) is 9.52 Å². The molecule has 0 radical (unpaired) electrons. The molecule has 0 unspecified atom stereocenters. The third kappa shape index (κ3) is 6.61. The zero-order valence-electron chi connectivity index (χ0n) is 15.5. The van der Waals surface area contributed by atoms with Gasteiger partial charge in [-0.2, -0.15) is 0 Å². The summed E-state index contributed by atoms with van der Waals surface area (Å²) < 4.78 is 1.81. The SMILES string of the molecule is CCCCCCCCC1(CCCCCCCC)C(=O)NSC1(Cl)Cl. The van der Waals surface area contributed by atoms with Crippen molar-refractivity contribution in [2.75, 3.05) is 0 Å². The highest BCUT2D eigenvalue weighted by atomic mass is 35.5. The average Bonchev–Trinajstić information content (AvgIpc) is 2.78. The summed E-state index contributed by atoms with van der Waals surface area (Å²) in [5, 5.41) is 0. The van der Waals surface area contributed by atoms with Crippen molar-refractivity contribution in [3.8, 4) is 0 Å². The van der Waals surface area contributed by atoms with Gasteiger partial charge < -0.3 is 0 Å². The minimum atomic E-state index is -1.03. The van der Waals surface area contributed by atoms with Crippen molar-refractivity contribution in [3.63, 3.8) is 0 Å². The van der Waals surface area contributed by atoms with Gasteiger partial charge in [-0.1, -0.05) is 114 Å². The first-order valence-electron chi connectivity index (χ1n) is 9.86. The van der Waals surface area contributed by atoms with Gasteiger partial charge in [0.15, 0.2) is 3.67 Å². The zero-order chi connectivity index (χ0) is 17.9. The lowest BCUT2D eigenvalue weighted by atomic mass is 9.78. The molecule has 24 heavy (non-hydrogen) atoms. The molecule has 1 rings (SSSR count). The fourth-order valence-electron chi connectivity index (χ4n) is 3.50. The summed E-state index contributed by atoms with van der Waals surface area (Å²) in [7, 11) is 0. The van der Waals surface area contributed by atoms with Crippen molar-refractivity contribution < 1.29 is 4.79 Å². The minimum Gasteiger partial charge on any atom is -0.297 e. The van der Waals surface area contributed by atoms with E-state index in [-0.39, 0.29) is 5.91 Å². The van der Waals surface area contributed by atoms with Crippen molar-refractivity contribution >= 4 is 41.1 Å². The van der Waals surface area contributed by atoms with Gasteiger partial charge in [0.2, 0.25) is 5.91 Å². The van der Waals surface area contributed by atoms with Gasteiger partial charge >= 0.3 is 0 Å². The highest BCUT2D eigenvalue weighted by molar-refractivity contribution is 8.02. The van der Waals surface area contributed by atoms with Crippen LogP contribution < -0.4 is 4.72 Å². The van der Waals surface area contributed by atoms with Crippen LogP contribution in [0.2, 0.25) is 0 Å². The van der Waals surface area contributed by atoms with Crippen LogP contribution in [0, 0.1) is 5.41 Å². The van der Waals surface area contributed by atoms with E-state index < -0.39 is 9.08 Å². The van der Waals surface area contributed by atoms with Gasteiger partial charge in [0, 0.05) is 0 Å². The van der Waals surface area contributed by atoms with Crippen LogP contribution in [0.3, 0.4) is 0 Å². The number of carbonyl (C=O) groups excluding carboxylic acids is 1. The Morgan fingerprint density at radius 1 is 0.792 bits per heavy atom. The third-order valence-corrected chi connectivity index (χ3v) is 7.30. The van der Waals surface area contributed by atoms with E-state index in [0.717, 1.165) is 25.7 Å². The molecule has 0 atom stereocenters. The number of amides is 1. The highest BCUT2D eigenvalue weighted by Gasteiger charge is 2.59. The summed E-state index contributed by atoms with van der Waals surface area (Å²) >= 11 is 14.3. The lowest BCUT2D eigenvalue weighted by molar-refractivity contribution is -0.128. The zero-order valence-corrected chi connectivity index (χ0v) is 17.8. The summed E-state index contributed by atoms with van der Waals surface area (Å²) in [5.41, 5.74) is -0.615. The Kier molecular flexibility index (Phi) is 11.1. The molecule has 1 amide bonds. The molecule has 0 saturated carbocycles. The maximum atomic E-state index is 12.5. The third-order valence-electron chi connectivity index (χ3n) is 5.18. The number of unbranched alkanes of at least 4 members (excludes halogenated alkanes) is 10. The highest BCUT2D eigenvalue weighted by Crippen LogP contribution is 2.58. The van der Waals surface area contributed by atoms with Crippen molar-refractivity contribution in [3.05, 3.63) is 0 Å². The number of rotatable bonds is 14. The molecule has 1 aliphatic heterocycles. The molecule has 0 aliphatic carbocycles. The lowest BCUT2D eigenvalue weighted by Crippen LogP contribution is -2.40. The second kappa shape index (κ2) is 11.9. The molecule has 1 N–H and O–H groups in total. The number of carbonyl (C=O) groups is 1. The normalized spacial score (nSPS) is 18.8. The van der Waals surface area contributed by atoms with Gasteiger partial charge in [0.1, 0.15) is 0 Å². The Labute approximate surface area is 163 Å². The maximum Gasteiger partial charge on any atom is 0.240 e. The Morgan fingerprint density at radius 3 is 1.58 bits per heavy atom. The summed E-state index contributed by atoms with van der Waals surface area (Å²) in [6.45, 7) is 4.45. The van der Waals surface area contributed by atoms with E-state index in [2.05, 4.69) is 18.6 Å². The Morgan fingerprint density at radius 2 is 1.21 bits per heavy atom. The van der Waals surface area contributed by atoms with E-state index in [9.17, 15) is 4.79 Å². The summed E-state index contributed by atoms with van der Waals surface area (Å²) in [6.07, 6.45) is 16.2. The Bertz CT molecular complexity index is 347. The maximum absolute atomic E-state index is 12.5. The van der Waals surface area contributed by atoms with Crippen LogP contribution in [-0.2, 0) is 4.79 Å². The average molecular weight is 396 g/mol. The van der Waals surface area contributed by atoms with Crippen LogP contribution in [0.5, 0.6) is 0 Å². The Balaban J connectivity index is 2.47. The quantitative estimate of drug-likeness (QED) is 0.188. The van der Waals surface area contributed by atoms with Crippen molar-refractivity contribution in [2.24, 2.45) is 5.41 Å². The molecule has 0 aromatic rings. The minimum absolute atomic E-state index is 0.0413. The summed E-state index contributed by atoms with van der Waals surface area (Å²) in [6, 6.07) is 0. The van der Waals surface area contributed by atoms with E-state index in [1.165, 1.54) is 76.2 Å². The van der Waals surface area contributed by atoms with E-state index in [4.69, 9.17) is 23.2 Å². The Hall–Kier alpha value is 0.400. The van der Waals surface area contributed by atoms with Crippen LogP contribution >= 0.6 is 35.1 Å². The molecule has 1 saturated heterocycles. The molecule has 0 aromatic heterocycles. The first-order valence-corrected chi connectivity index (χ1v) is 11.4. The number of nitrogens with one attached hydrogen (secondary N) is 1. The van der Waals surface area contributed by atoms with Crippen molar-refractivity contribution in [1.82, 2.24) is 4.72 Å². The van der Waals surface area contributed by atoms with Gasteiger partial charge in [-0.05, 0) is 24.8 Å². The number of hydrogen-bond acceptors (Lipinski definition) is 2. The van der Waals surface area contributed by atoms with Crippen LogP contribution in [-0.4, -0.2) is 9.57 Å². The number of halogens is 2. The van der Waals surface area contributed by atoms with Crippen LogP contribution in [0.1, 0.15) is 104 Å². The van der Waals surface area contributed by atoms with E-state index in [1.807, 2.05) is 0 Å². The summed E-state index contributed by atoms with van der Waals surface area (Å²) in [4.78, 5) is 12.5. The molecule has 1 heterocycles. The lowest BCUT2D eigenvalue weighted by Gasteiger charge is -2.33. The molecule has 5 heteroatoms. The van der Waals surface area contributed by atoms with Crippen LogP contribution in [0.15, 0.2) is 0 Å². The molecular formula is C19H35Cl2NOS. The smallest absolute Gasteiger partial charge is 0.240 e. The standard InChI is InChI=1S/C19H35Cl2NOS/c1-3-5-7-9-11-13-15-18(16-14-12-10-8-6-4-2)17(23)22-24-19(18,20)21/h3-16H2,1-2H3,(H,22,23). The number of alkyl halides is 2. The van der Waals surface area contributed by atoms with E-state index >= 15 is 0 Å². The number of hydrogen-bond donors (Lipinski definition) is 1. The van der Waals surface area contributed by atoms with Crippen LogP contribution in [0.25, 0.3) is 0 Å². The second-order valence-corrected chi connectivity index (χ2v) is 9.96. The van der Waals surface area contributed by atoms with Gasteiger partial charge in [0.05, 0.1) is 5.41 Å². The molecule has 1 aliphatic rings. The molecule has 2 nitrogen and oxygen atoms in total. The predicted molar refractivity (Wildman–Crippen MR) is 109 cm³/mol. The van der Waals surface area contributed by atoms with Gasteiger partial charge in [0.25, 0.3) is 0 Å².